The highest BCUT2D eigenvalue weighted by molar-refractivity contribution is 4.97. The van der Waals surface area contributed by atoms with Crippen LogP contribution in [0.1, 0.15) is 47.0 Å². The lowest BCUT2D eigenvalue weighted by atomic mass is 9.86. The summed E-state index contributed by atoms with van der Waals surface area (Å²) in [7, 11) is 0. The topological polar surface area (TPSA) is 0 Å². The van der Waals surface area contributed by atoms with E-state index in [9.17, 15) is 0 Å². The molecule has 0 aromatic heterocycles. The fourth-order valence-electron chi connectivity index (χ4n) is 1.41. The first-order valence-electron chi connectivity index (χ1n) is 4.44. The van der Waals surface area contributed by atoms with Gasteiger partial charge in [-0.2, -0.15) is 0 Å². The molecular weight excluding hydrogens is 120 g/mol. The Morgan fingerprint density at radius 2 is 1.70 bits per heavy atom. The predicted octanol–water partition coefficient (Wildman–Crippen LogP) is 3.63. The Bertz CT molecular complexity index is 62.4. The molecule has 1 atom stereocenters. The molecule has 0 aliphatic carbocycles. The summed E-state index contributed by atoms with van der Waals surface area (Å²) in [6, 6.07) is 0. The zero-order valence-corrected chi connectivity index (χ0v) is 7.78. The van der Waals surface area contributed by atoms with Crippen molar-refractivity contribution in [3.8, 4) is 0 Å². The SMILES string of the molecule is CC[CH]C(C)[C](CC)CC. The molecule has 0 aromatic carbocycles. The van der Waals surface area contributed by atoms with Gasteiger partial charge in [-0.05, 0) is 31.1 Å². The highest BCUT2D eigenvalue weighted by atomic mass is 14.2. The molecule has 0 amide bonds. The van der Waals surface area contributed by atoms with Crippen LogP contribution in [0.3, 0.4) is 0 Å². The molecule has 0 saturated heterocycles. The van der Waals surface area contributed by atoms with Crippen LogP contribution in [-0.4, -0.2) is 0 Å². The lowest BCUT2D eigenvalue weighted by molar-refractivity contribution is 0.585. The molecule has 0 spiro atoms. The molecule has 0 rings (SSSR count). The maximum Gasteiger partial charge on any atom is -0.0215 e. The van der Waals surface area contributed by atoms with E-state index in [1.807, 2.05) is 0 Å². The van der Waals surface area contributed by atoms with Gasteiger partial charge in [-0.1, -0.05) is 34.1 Å². The van der Waals surface area contributed by atoms with E-state index in [0.717, 1.165) is 5.92 Å². The van der Waals surface area contributed by atoms with Crippen molar-refractivity contribution < 1.29 is 0 Å². The molecule has 10 heavy (non-hydrogen) atoms. The highest BCUT2D eigenvalue weighted by Gasteiger charge is 2.12. The van der Waals surface area contributed by atoms with Crippen LogP contribution >= 0.6 is 0 Å². The number of hydrogen-bond donors (Lipinski definition) is 0. The van der Waals surface area contributed by atoms with Crippen molar-refractivity contribution in [2.24, 2.45) is 5.92 Å². The van der Waals surface area contributed by atoms with Crippen molar-refractivity contribution in [2.75, 3.05) is 0 Å². The van der Waals surface area contributed by atoms with Gasteiger partial charge >= 0.3 is 0 Å². The molecule has 0 saturated carbocycles. The van der Waals surface area contributed by atoms with E-state index >= 15 is 0 Å². The predicted molar refractivity (Wildman–Crippen MR) is 47.6 cm³/mol. The Morgan fingerprint density at radius 3 is 2.00 bits per heavy atom. The van der Waals surface area contributed by atoms with E-state index in [1.54, 1.807) is 5.92 Å². The second-order valence-electron chi connectivity index (χ2n) is 2.80. The van der Waals surface area contributed by atoms with Gasteiger partial charge in [0.25, 0.3) is 0 Å². The zero-order chi connectivity index (χ0) is 7.98. The highest BCUT2D eigenvalue weighted by Crippen LogP contribution is 2.24. The Balaban J connectivity index is 3.53. The summed E-state index contributed by atoms with van der Waals surface area (Å²) in [5.74, 6) is 2.42. The van der Waals surface area contributed by atoms with Crippen molar-refractivity contribution in [1.82, 2.24) is 0 Å². The average Bonchev–Trinajstić information content (AvgIpc) is 1.91. The minimum absolute atomic E-state index is 0.736. The van der Waals surface area contributed by atoms with Crippen molar-refractivity contribution in [2.45, 2.75) is 47.0 Å². The van der Waals surface area contributed by atoms with E-state index < -0.39 is 0 Å². The van der Waals surface area contributed by atoms with Crippen molar-refractivity contribution in [3.63, 3.8) is 0 Å². The van der Waals surface area contributed by atoms with Crippen LogP contribution in [0.4, 0.5) is 0 Å². The third-order valence-electron chi connectivity index (χ3n) is 2.14. The van der Waals surface area contributed by atoms with E-state index in [2.05, 4.69) is 34.1 Å². The van der Waals surface area contributed by atoms with Crippen LogP contribution in [0.25, 0.3) is 0 Å². The maximum absolute atomic E-state index is 2.39. The van der Waals surface area contributed by atoms with E-state index in [0.29, 0.717) is 0 Å². The standard InChI is InChI=1S/C10H20/c1-5-8-9(4)10(6-2)7-3/h8-9H,5-7H2,1-4H3. The summed E-state index contributed by atoms with van der Waals surface area (Å²) >= 11 is 0. The first kappa shape index (κ1) is 10.0. The number of hydrogen-bond acceptors (Lipinski definition) is 0. The molecule has 0 aliphatic rings. The van der Waals surface area contributed by atoms with Gasteiger partial charge in [-0.15, -0.1) is 0 Å². The second kappa shape index (κ2) is 5.76. The Morgan fingerprint density at radius 1 is 1.20 bits per heavy atom. The third kappa shape index (κ3) is 3.24. The van der Waals surface area contributed by atoms with Gasteiger partial charge in [-0.25, -0.2) is 0 Å². The van der Waals surface area contributed by atoms with Crippen molar-refractivity contribution in [3.05, 3.63) is 12.3 Å². The van der Waals surface area contributed by atoms with Crippen LogP contribution < -0.4 is 0 Å². The van der Waals surface area contributed by atoms with E-state index in [-0.39, 0.29) is 0 Å². The summed E-state index contributed by atoms with van der Waals surface area (Å²) in [4.78, 5) is 0. The van der Waals surface area contributed by atoms with Crippen LogP contribution in [0, 0.1) is 18.3 Å². The quantitative estimate of drug-likeness (QED) is 0.547. The van der Waals surface area contributed by atoms with Gasteiger partial charge in [0.1, 0.15) is 0 Å². The van der Waals surface area contributed by atoms with Crippen LogP contribution in [0.2, 0.25) is 0 Å². The smallest absolute Gasteiger partial charge is 0.0215 e. The van der Waals surface area contributed by atoms with E-state index in [4.69, 9.17) is 0 Å². The summed E-state index contributed by atoms with van der Waals surface area (Å²) < 4.78 is 0. The maximum atomic E-state index is 2.39. The normalized spacial score (nSPS) is 14.1. The lowest BCUT2D eigenvalue weighted by Gasteiger charge is -2.19. The van der Waals surface area contributed by atoms with Crippen LogP contribution in [-0.2, 0) is 0 Å². The van der Waals surface area contributed by atoms with Crippen molar-refractivity contribution in [1.29, 1.82) is 0 Å². The van der Waals surface area contributed by atoms with Crippen LogP contribution in [0.5, 0.6) is 0 Å². The first-order chi connectivity index (χ1) is 4.76. The zero-order valence-electron chi connectivity index (χ0n) is 7.78. The fraction of sp³-hybridized carbons (Fsp3) is 0.800. The molecule has 0 aromatic rings. The minimum atomic E-state index is 0.736. The Labute approximate surface area is 66.0 Å². The summed E-state index contributed by atoms with van der Waals surface area (Å²) in [6.45, 7) is 9.00. The molecule has 1 unspecified atom stereocenters. The molecule has 0 fully saturated rings. The fourth-order valence-corrected chi connectivity index (χ4v) is 1.41. The molecule has 0 bridgehead atoms. The minimum Gasteiger partial charge on any atom is -0.0651 e. The van der Waals surface area contributed by atoms with Gasteiger partial charge in [-0.3, -0.25) is 0 Å². The van der Waals surface area contributed by atoms with Gasteiger partial charge in [0, 0.05) is 0 Å². The molecule has 0 heterocycles. The van der Waals surface area contributed by atoms with E-state index in [1.165, 1.54) is 19.3 Å². The summed E-state index contributed by atoms with van der Waals surface area (Å²) in [5, 5.41) is 0. The third-order valence-corrected chi connectivity index (χ3v) is 2.14. The van der Waals surface area contributed by atoms with Gasteiger partial charge in [0.2, 0.25) is 0 Å². The molecule has 0 nitrogen and oxygen atoms in total. The molecular formula is C10H20. The molecule has 0 N–H and O–H groups in total. The largest absolute Gasteiger partial charge is 0.0651 e. The van der Waals surface area contributed by atoms with Crippen molar-refractivity contribution >= 4 is 0 Å². The first-order valence-corrected chi connectivity index (χ1v) is 4.44. The Hall–Kier alpha value is 0. The molecule has 0 heteroatoms. The Kier molecular flexibility index (Phi) is 5.76. The summed E-state index contributed by atoms with van der Waals surface area (Å²) in [5.41, 5.74) is 0. The molecule has 2 radical (unpaired) electrons. The number of rotatable bonds is 5. The van der Waals surface area contributed by atoms with Gasteiger partial charge in [0.05, 0.1) is 0 Å². The van der Waals surface area contributed by atoms with Crippen LogP contribution in [0.15, 0.2) is 0 Å². The monoisotopic (exact) mass is 140 g/mol. The summed E-state index contributed by atoms with van der Waals surface area (Å²) in [6.07, 6.45) is 6.08. The second-order valence-corrected chi connectivity index (χ2v) is 2.80. The molecule has 0 aliphatic heterocycles. The molecule has 60 valence electrons. The van der Waals surface area contributed by atoms with Gasteiger partial charge < -0.3 is 0 Å². The van der Waals surface area contributed by atoms with Gasteiger partial charge in [0.15, 0.2) is 0 Å². The lowest BCUT2D eigenvalue weighted by Crippen LogP contribution is -2.07. The average molecular weight is 140 g/mol.